The van der Waals surface area contributed by atoms with Crippen LogP contribution in [0.15, 0.2) is 59.8 Å². The number of alkyl halides is 3. The Morgan fingerprint density at radius 3 is 2.36 bits per heavy atom. The first-order valence-corrected chi connectivity index (χ1v) is 11.9. The molecule has 1 amide bonds. The molecular weight excluding hydrogens is 496 g/mol. The molecule has 2 aromatic rings. The fraction of sp³-hybridized carbons (Fsp3) is 0.346. The van der Waals surface area contributed by atoms with Gasteiger partial charge in [-0.1, -0.05) is 23.7 Å². The van der Waals surface area contributed by atoms with Crippen molar-refractivity contribution in [3.8, 4) is 11.1 Å². The number of carbonyl (C=O) groups excluding carboxylic acids is 1. The number of hydrogen-bond acceptors (Lipinski definition) is 4. The van der Waals surface area contributed by atoms with Crippen molar-refractivity contribution < 1.29 is 22.4 Å². The second kappa shape index (κ2) is 10.1. The molecule has 2 N–H and O–H groups in total. The molecule has 2 atom stereocenters. The Morgan fingerprint density at radius 2 is 1.75 bits per heavy atom. The van der Waals surface area contributed by atoms with E-state index in [0.717, 1.165) is 12.3 Å². The van der Waals surface area contributed by atoms with Crippen molar-refractivity contribution in [2.24, 2.45) is 0 Å². The predicted octanol–water partition coefficient (Wildman–Crippen LogP) is 5.59. The highest BCUT2D eigenvalue weighted by atomic mass is 35.5. The lowest BCUT2D eigenvalue weighted by Gasteiger charge is -2.44. The molecule has 0 aromatic heterocycles. The number of rotatable bonds is 4. The van der Waals surface area contributed by atoms with Gasteiger partial charge in [-0.3, -0.25) is 9.69 Å². The van der Waals surface area contributed by atoms with Gasteiger partial charge in [-0.15, -0.1) is 0 Å². The average Bonchev–Trinajstić information content (AvgIpc) is 2.83. The Labute approximate surface area is 212 Å². The van der Waals surface area contributed by atoms with Gasteiger partial charge in [0.1, 0.15) is 5.82 Å². The largest absolute Gasteiger partial charge is 0.416 e. The predicted molar refractivity (Wildman–Crippen MR) is 135 cm³/mol. The van der Waals surface area contributed by atoms with Crippen molar-refractivity contribution in [2.45, 2.75) is 32.1 Å². The number of hydrogen-bond donors (Lipinski definition) is 2. The number of dihydropyridines is 1. The van der Waals surface area contributed by atoms with Crippen molar-refractivity contribution in [3.63, 3.8) is 0 Å². The molecule has 2 aromatic carbocycles. The molecule has 0 unspecified atom stereocenters. The minimum Gasteiger partial charge on any atom is -0.387 e. The van der Waals surface area contributed by atoms with E-state index in [4.69, 9.17) is 11.6 Å². The molecule has 1 fully saturated rings. The number of allylic oxidation sites excluding steroid dienone is 2. The summed E-state index contributed by atoms with van der Waals surface area (Å²) in [6.07, 6.45) is -2.69. The van der Waals surface area contributed by atoms with Gasteiger partial charge in [0.15, 0.2) is 0 Å². The van der Waals surface area contributed by atoms with E-state index in [1.54, 1.807) is 24.3 Å². The molecule has 4 rings (SSSR count). The number of anilines is 2. The van der Waals surface area contributed by atoms with Gasteiger partial charge in [-0.2, -0.15) is 13.2 Å². The maximum atomic E-state index is 15.4. The van der Waals surface area contributed by atoms with Crippen molar-refractivity contribution >= 4 is 28.9 Å². The van der Waals surface area contributed by atoms with Gasteiger partial charge < -0.3 is 15.5 Å². The van der Waals surface area contributed by atoms with Gasteiger partial charge in [0.2, 0.25) is 0 Å². The molecule has 2 aliphatic rings. The molecule has 0 radical (unpaired) electrons. The summed E-state index contributed by atoms with van der Waals surface area (Å²) in [7, 11) is 2.01. The van der Waals surface area contributed by atoms with E-state index in [9.17, 15) is 18.0 Å². The lowest BCUT2D eigenvalue weighted by Crippen LogP contribution is -2.55. The van der Waals surface area contributed by atoms with Crippen LogP contribution in [0.25, 0.3) is 11.1 Å². The van der Waals surface area contributed by atoms with Crippen molar-refractivity contribution in [3.05, 3.63) is 70.7 Å². The normalized spacial score (nSPS) is 20.9. The van der Waals surface area contributed by atoms with Gasteiger partial charge in [0, 0.05) is 47.9 Å². The van der Waals surface area contributed by atoms with E-state index in [0.29, 0.717) is 29.4 Å². The maximum absolute atomic E-state index is 15.4. The van der Waals surface area contributed by atoms with Crippen LogP contribution in [0.2, 0.25) is 5.02 Å². The highest BCUT2D eigenvalue weighted by Crippen LogP contribution is 2.37. The third kappa shape index (κ3) is 5.37. The SMILES string of the molecule is C[C@@H]1CN(c2cc(F)c(-c3ccc(Cl)cc3)cc2NC(=O)C2=C(C(F)(F)F)C=CNC2)C[C@H](C)N1C. The molecule has 0 spiro atoms. The monoisotopic (exact) mass is 522 g/mol. The fourth-order valence-corrected chi connectivity index (χ4v) is 4.67. The van der Waals surface area contributed by atoms with E-state index < -0.39 is 29.0 Å². The third-order valence-corrected chi connectivity index (χ3v) is 6.99. The minimum atomic E-state index is -4.69. The Kier molecular flexibility index (Phi) is 7.33. The van der Waals surface area contributed by atoms with Crippen LogP contribution in [0.1, 0.15) is 13.8 Å². The molecule has 0 aliphatic carbocycles. The van der Waals surface area contributed by atoms with Crippen LogP contribution >= 0.6 is 11.6 Å². The van der Waals surface area contributed by atoms with Crippen molar-refractivity contribution in [1.82, 2.24) is 10.2 Å². The summed E-state index contributed by atoms with van der Waals surface area (Å²) in [4.78, 5) is 17.3. The summed E-state index contributed by atoms with van der Waals surface area (Å²) in [5.74, 6) is -1.41. The molecule has 1 saturated heterocycles. The Balaban J connectivity index is 1.79. The maximum Gasteiger partial charge on any atom is 0.416 e. The van der Waals surface area contributed by atoms with Gasteiger partial charge in [-0.05, 0) is 63.0 Å². The number of nitrogens with one attached hydrogen (secondary N) is 2. The molecule has 2 heterocycles. The lowest BCUT2D eigenvalue weighted by atomic mass is 10.0. The second-order valence-electron chi connectivity index (χ2n) is 9.18. The summed E-state index contributed by atoms with van der Waals surface area (Å²) >= 11 is 5.97. The van der Waals surface area contributed by atoms with Crippen LogP contribution in [0.4, 0.5) is 28.9 Å². The zero-order chi connectivity index (χ0) is 26.2. The molecule has 36 heavy (non-hydrogen) atoms. The zero-order valence-electron chi connectivity index (χ0n) is 20.1. The molecule has 5 nitrogen and oxygen atoms in total. The van der Waals surface area contributed by atoms with E-state index in [1.165, 1.54) is 12.1 Å². The van der Waals surface area contributed by atoms with E-state index >= 15 is 4.39 Å². The van der Waals surface area contributed by atoms with Gasteiger partial charge in [-0.25, -0.2) is 4.39 Å². The summed E-state index contributed by atoms with van der Waals surface area (Å²) in [6.45, 7) is 4.92. The zero-order valence-corrected chi connectivity index (χ0v) is 20.8. The number of nitrogens with zero attached hydrogens (tertiary/aromatic N) is 2. The van der Waals surface area contributed by atoms with Crippen LogP contribution in [-0.2, 0) is 4.79 Å². The van der Waals surface area contributed by atoms with Gasteiger partial charge in [0.25, 0.3) is 5.91 Å². The Morgan fingerprint density at radius 1 is 1.11 bits per heavy atom. The number of benzene rings is 2. The van der Waals surface area contributed by atoms with Crippen molar-refractivity contribution in [1.29, 1.82) is 0 Å². The molecule has 10 heteroatoms. The van der Waals surface area contributed by atoms with E-state index in [-0.39, 0.29) is 29.9 Å². The Hall–Kier alpha value is -3.04. The molecule has 2 aliphatic heterocycles. The standard InChI is InChI=1S/C26H27ClF4N4O/c1-15-13-35(14-16(2)34(15)3)24-11-22(28)19(17-4-6-18(27)7-5-17)10-23(24)33-25(36)20-12-32-9-8-21(20)26(29,30)31/h4-11,15-16,32H,12-14H2,1-3H3,(H,33,36)/t15-,16+. The highest BCUT2D eigenvalue weighted by molar-refractivity contribution is 6.30. The van der Waals surface area contributed by atoms with Gasteiger partial charge in [0.05, 0.1) is 16.9 Å². The van der Waals surface area contributed by atoms with Crippen LogP contribution in [-0.4, -0.2) is 55.7 Å². The molecule has 192 valence electrons. The minimum absolute atomic E-state index is 0.142. The fourth-order valence-electron chi connectivity index (χ4n) is 4.54. The molecule has 0 bridgehead atoms. The highest BCUT2D eigenvalue weighted by Gasteiger charge is 2.37. The lowest BCUT2D eigenvalue weighted by molar-refractivity contribution is -0.114. The first-order valence-electron chi connectivity index (χ1n) is 11.5. The number of halogens is 5. The third-order valence-electron chi connectivity index (χ3n) is 6.74. The van der Waals surface area contributed by atoms with Crippen LogP contribution in [0.5, 0.6) is 0 Å². The topological polar surface area (TPSA) is 47.6 Å². The first-order chi connectivity index (χ1) is 17.0. The number of carbonyl (C=O) groups is 1. The summed E-state index contributed by atoms with van der Waals surface area (Å²) in [5, 5.41) is 5.79. The summed E-state index contributed by atoms with van der Waals surface area (Å²) in [5.41, 5.74) is -0.0718. The average molecular weight is 523 g/mol. The van der Waals surface area contributed by atoms with Gasteiger partial charge >= 0.3 is 6.18 Å². The number of likely N-dealkylation sites (N-methyl/N-ethyl adjacent to an activating group) is 1. The molecule has 0 saturated carbocycles. The number of piperazine rings is 1. The van der Waals surface area contributed by atoms with Crippen molar-refractivity contribution in [2.75, 3.05) is 36.9 Å². The molecular formula is C26H27ClF4N4O. The van der Waals surface area contributed by atoms with Crippen LogP contribution in [0, 0.1) is 5.82 Å². The quantitative estimate of drug-likeness (QED) is 0.514. The second-order valence-corrected chi connectivity index (χ2v) is 9.62. The number of amides is 1. The summed E-state index contributed by atoms with van der Waals surface area (Å²) < 4.78 is 56.1. The van der Waals surface area contributed by atoms with Crippen LogP contribution < -0.4 is 15.5 Å². The van der Waals surface area contributed by atoms with E-state index in [2.05, 4.69) is 15.5 Å². The van der Waals surface area contributed by atoms with Crippen LogP contribution in [0.3, 0.4) is 0 Å². The summed E-state index contributed by atoms with van der Waals surface area (Å²) in [6, 6.07) is 9.62. The van der Waals surface area contributed by atoms with E-state index in [1.807, 2.05) is 25.8 Å². The first kappa shape index (κ1) is 26.0. The Bertz CT molecular complexity index is 1200. The smallest absolute Gasteiger partial charge is 0.387 e.